The number of hydrogen-bond donors (Lipinski definition) is 1. The fraction of sp³-hybridized carbons (Fsp3) is 0.255. The van der Waals surface area contributed by atoms with Gasteiger partial charge < -0.3 is 19.0 Å². The van der Waals surface area contributed by atoms with Crippen LogP contribution in [0.3, 0.4) is 0 Å². The number of carbonyl (C=O) groups is 2. The van der Waals surface area contributed by atoms with Crippen LogP contribution in [0.1, 0.15) is 85.5 Å². The van der Waals surface area contributed by atoms with Gasteiger partial charge in [0, 0.05) is 29.5 Å². The first-order chi connectivity index (χ1) is 31.2. The van der Waals surface area contributed by atoms with Crippen molar-refractivity contribution < 1.29 is 18.7 Å². The number of nitrogens with zero attached hydrogens (tertiary/aromatic N) is 6. The van der Waals surface area contributed by atoms with Crippen molar-refractivity contribution in [2.24, 2.45) is 5.92 Å². The number of ether oxygens (including phenoxy) is 1. The Bertz CT molecular complexity index is 2780. The highest BCUT2D eigenvalue weighted by atomic mass is 79.9. The Hall–Kier alpha value is -6.37. The van der Waals surface area contributed by atoms with E-state index in [1.54, 1.807) is 11.7 Å². The van der Waals surface area contributed by atoms with Crippen LogP contribution in [-0.4, -0.2) is 54.3 Å². The lowest BCUT2D eigenvalue weighted by Gasteiger charge is -2.34. The molecule has 3 aromatic heterocycles. The molecular formula is C51H49BrClN7O4. The third-order valence-electron chi connectivity index (χ3n) is 11.7. The lowest BCUT2D eigenvalue weighted by atomic mass is 9.77. The summed E-state index contributed by atoms with van der Waals surface area (Å²) in [4.78, 5) is 33.4. The molecule has 11 nitrogen and oxygen atoms in total. The molecule has 0 aliphatic rings. The van der Waals surface area contributed by atoms with Crippen molar-refractivity contribution in [2.75, 3.05) is 6.61 Å². The Labute approximate surface area is 386 Å². The summed E-state index contributed by atoms with van der Waals surface area (Å²) in [5.74, 6) is 0.590. The molecule has 2 atom stereocenters. The Morgan fingerprint density at radius 1 is 0.844 bits per heavy atom. The standard InChI is InChI=1S/C51H49BrClN7O4/c1-5-8-28-42-54-47(53)45(49(61)55-44(33(4)6-2)50(62)63-7-3)59(42)32-34-29-30-41-40(31-34)43(52)46(64-41)38-26-18-19-27-39(38)48-56-58-60(57-48)51(35-20-12-9-13-21-35,36-22-14-10-15-23-36)37-24-16-11-17-25-37/h9-27,29-31,33,44H,5-8,28,32H2,1-4H3,(H,55,61)/t33?,44-/m0/s1. The molecule has 0 aliphatic carbocycles. The number of aryl methyl sites for hydroxylation is 1. The first-order valence-electron chi connectivity index (χ1n) is 21.7. The zero-order valence-electron chi connectivity index (χ0n) is 36.2. The normalized spacial score (nSPS) is 12.6. The van der Waals surface area contributed by atoms with E-state index in [0.717, 1.165) is 56.1 Å². The highest BCUT2D eigenvalue weighted by molar-refractivity contribution is 9.10. The molecule has 1 unspecified atom stereocenters. The smallest absolute Gasteiger partial charge is 0.328 e. The maximum atomic E-state index is 14.0. The maximum Gasteiger partial charge on any atom is 0.328 e. The highest BCUT2D eigenvalue weighted by Gasteiger charge is 2.41. The van der Waals surface area contributed by atoms with Crippen LogP contribution in [0.15, 0.2) is 142 Å². The molecular weight excluding hydrogens is 890 g/mol. The largest absolute Gasteiger partial charge is 0.464 e. The maximum absolute atomic E-state index is 14.0. The van der Waals surface area contributed by atoms with Gasteiger partial charge in [-0.05, 0) is 74.8 Å². The molecule has 1 N–H and O–H groups in total. The van der Waals surface area contributed by atoms with Crippen LogP contribution in [-0.2, 0) is 28.0 Å². The van der Waals surface area contributed by atoms with Gasteiger partial charge in [-0.25, -0.2) is 9.78 Å². The van der Waals surface area contributed by atoms with Crippen LogP contribution in [0, 0.1) is 5.92 Å². The number of rotatable bonds is 17. The molecule has 0 radical (unpaired) electrons. The third-order valence-corrected chi connectivity index (χ3v) is 12.8. The summed E-state index contributed by atoms with van der Waals surface area (Å²) in [5, 5.41) is 18.5. The van der Waals surface area contributed by atoms with E-state index in [0.29, 0.717) is 42.4 Å². The number of aromatic nitrogens is 6. The van der Waals surface area contributed by atoms with E-state index in [4.69, 9.17) is 36.2 Å². The van der Waals surface area contributed by atoms with Gasteiger partial charge in [-0.3, -0.25) is 4.79 Å². The van der Waals surface area contributed by atoms with Gasteiger partial charge in [-0.1, -0.05) is 167 Å². The molecule has 64 heavy (non-hydrogen) atoms. The van der Waals surface area contributed by atoms with E-state index in [1.807, 2.05) is 115 Å². The zero-order chi connectivity index (χ0) is 44.8. The topological polar surface area (TPSA) is 130 Å². The molecule has 3 heterocycles. The van der Waals surface area contributed by atoms with E-state index in [-0.39, 0.29) is 23.4 Å². The Balaban J connectivity index is 1.17. The van der Waals surface area contributed by atoms with Crippen molar-refractivity contribution in [3.63, 3.8) is 0 Å². The molecule has 0 spiro atoms. The lowest BCUT2D eigenvalue weighted by molar-refractivity contribution is -0.146. The summed E-state index contributed by atoms with van der Waals surface area (Å²) in [6.45, 7) is 8.23. The van der Waals surface area contributed by atoms with Crippen molar-refractivity contribution in [2.45, 2.75) is 71.5 Å². The average molecular weight is 939 g/mol. The molecule has 0 saturated carbocycles. The number of unbranched alkanes of at least 4 members (excludes halogenated alkanes) is 1. The first kappa shape index (κ1) is 44.2. The van der Waals surface area contributed by atoms with Gasteiger partial charge in [0.25, 0.3) is 5.91 Å². The van der Waals surface area contributed by atoms with Crippen molar-refractivity contribution >= 4 is 50.4 Å². The molecule has 1 amide bonds. The van der Waals surface area contributed by atoms with E-state index < -0.39 is 23.5 Å². The van der Waals surface area contributed by atoms with Crippen LogP contribution in [0.5, 0.6) is 0 Å². The lowest BCUT2D eigenvalue weighted by Crippen LogP contribution is -2.46. The molecule has 326 valence electrons. The molecule has 13 heteroatoms. The van der Waals surface area contributed by atoms with Crippen LogP contribution < -0.4 is 5.32 Å². The van der Waals surface area contributed by atoms with Gasteiger partial charge in [0.05, 0.1) is 11.1 Å². The van der Waals surface area contributed by atoms with Gasteiger partial charge >= 0.3 is 5.97 Å². The Kier molecular flexibility index (Phi) is 13.5. The highest BCUT2D eigenvalue weighted by Crippen LogP contribution is 2.43. The number of fused-ring (bicyclic) bond motifs is 1. The number of halogens is 2. The summed E-state index contributed by atoms with van der Waals surface area (Å²) in [7, 11) is 0. The quantitative estimate of drug-likeness (QED) is 0.0706. The van der Waals surface area contributed by atoms with Gasteiger partial charge in [0.2, 0.25) is 5.82 Å². The van der Waals surface area contributed by atoms with E-state index in [2.05, 4.69) is 69.6 Å². The Morgan fingerprint density at radius 3 is 2.05 bits per heavy atom. The molecule has 8 rings (SSSR count). The minimum Gasteiger partial charge on any atom is -0.464 e. The van der Waals surface area contributed by atoms with Gasteiger partial charge in [0.1, 0.15) is 28.9 Å². The van der Waals surface area contributed by atoms with Gasteiger partial charge in [0.15, 0.2) is 10.7 Å². The third kappa shape index (κ3) is 8.52. The van der Waals surface area contributed by atoms with Gasteiger partial charge in [-0.2, -0.15) is 0 Å². The fourth-order valence-corrected chi connectivity index (χ4v) is 9.17. The summed E-state index contributed by atoms with van der Waals surface area (Å²) >= 11 is 10.7. The van der Waals surface area contributed by atoms with Crippen molar-refractivity contribution in [1.82, 2.24) is 35.1 Å². The second kappa shape index (κ2) is 19.6. The summed E-state index contributed by atoms with van der Waals surface area (Å²) < 4.78 is 14.5. The predicted octanol–water partition coefficient (Wildman–Crippen LogP) is 11.3. The molecule has 0 saturated heterocycles. The Morgan fingerprint density at radius 2 is 1.45 bits per heavy atom. The minimum atomic E-state index is -0.937. The van der Waals surface area contributed by atoms with E-state index >= 15 is 0 Å². The van der Waals surface area contributed by atoms with E-state index in [9.17, 15) is 9.59 Å². The number of tetrazole rings is 1. The first-order valence-corrected chi connectivity index (χ1v) is 22.9. The predicted molar refractivity (Wildman–Crippen MR) is 253 cm³/mol. The monoisotopic (exact) mass is 937 g/mol. The summed E-state index contributed by atoms with van der Waals surface area (Å²) in [5.41, 5.74) is 5.27. The van der Waals surface area contributed by atoms with Crippen molar-refractivity contribution in [3.8, 4) is 22.7 Å². The number of benzene rings is 5. The minimum absolute atomic E-state index is 0.0823. The molecule has 5 aromatic carbocycles. The van der Waals surface area contributed by atoms with Crippen LogP contribution in [0.2, 0.25) is 5.15 Å². The van der Waals surface area contributed by atoms with Gasteiger partial charge in [-0.15, -0.1) is 15.0 Å². The van der Waals surface area contributed by atoms with Crippen molar-refractivity contribution in [3.05, 3.63) is 177 Å². The number of imidazole rings is 1. The number of hydrogen-bond acceptors (Lipinski definition) is 8. The second-order valence-electron chi connectivity index (χ2n) is 15.8. The average Bonchev–Trinajstić information content (AvgIpc) is 4.04. The van der Waals surface area contributed by atoms with Crippen LogP contribution >= 0.6 is 27.5 Å². The number of nitrogens with one attached hydrogen (secondary N) is 1. The molecule has 0 fully saturated rings. The zero-order valence-corrected chi connectivity index (χ0v) is 38.5. The molecule has 0 bridgehead atoms. The summed E-state index contributed by atoms with van der Waals surface area (Å²) in [6.07, 6.45) is 3.08. The fourth-order valence-electron chi connectivity index (χ4n) is 8.28. The van der Waals surface area contributed by atoms with E-state index in [1.165, 1.54) is 0 Å². The van der Waals surface area contributed by atoms with Crippen molar-refractivity contribution in [1.29, 1.82) is 0 Å². The number of carbonyl (C=O) groups excluding carboxylic acids is 2. The number of amides is 1. The summed E-state index contributed by atoms with van der Waals surface area (Å²) in [6, 6.07) is 43.7. The SMILES string of the molecule is CCCCc1nc(Cl)c(C(=O)N[C@H](C(=O)OCC)C(C)CC)n1Cc1ccc2oc(-c3ccccc3-c3nnn(C(c4ccccc4)(c4ccccc4)c4ccccc4)n3)c(Br)c2c1. The van der Waals surface area contributed by atoms with Crippen LogP contribution in [0.25, 0.3) is 33.7 Å². The molecule has 8 aromatic rings. The number of furan rings is 1. The second-order valence-corrected chi connectivity index (χ2v) is 16.9. The van der Waals surface area contributed by atoms with Crippen LogP contribution in [0.4, 0.5) is 0 Å². The molecule has 0 aliphatic heterocycles. The number of esters is 1.